The lowest BCUT2D eigenvalue weighted by Gasteiger charge is -2.18. The maximum atomic E-state index is 12.7. The van der Waals surface area contributed by atoms with Gasteiger partial charge in [0.25, 0.3) is 0 Å². The van der Waals surface area contributed by atoms with Crippen LogP contribution in [0.4, 0.5) is 0 Å². The van der Waals surface area contributed by atoms with E-state index in [9.17, 15) is 14.4 Å². The van der Waals surface area contributed by atoms with Crippen molar-refractivity contribution in [3.8, 4) is 0 Å². The van der Waals surface area contributed by atoms with Crippen LogP contribution < -0.4 is 0 Å². The Kier molecular flexibility index (Phi) is 46.7. The third kappa shape index (κ3) is 48.4. The Hall–Kier alpha value is -4.45. The summed E-state index contributed by atoms with van der Waals surface area (Å²) in [5.74, 6) is -1.07. The summed E-state index contributed by atoms with van der Waals surface area (Å²) in [5.41, 5.74) is 0. The zero-order chi connectivity index (χ0) is 45.8. The normalized spacial score (nSPS) is 13.3. The van der Waals surface area contributed by atoms with E-state index in [0.29, 0.717) is 19.3 Å². The van der Waals surface area contributed by atoms with E-state index < -0.39 is 12.1 Å². The van der Waals surface area contributed by atoms with Crippen LogP contribution in [0.5, 0.6) is 0 Å². The second-order valence-corrected chi connectivity index (χ2v) is 15.6. The van der Waals surface area contributed by atoms with Crippen LogP contribution in [0, 0.1) is 0 Å². The molecule has 0 aliphatic heterocycles. The van der Waals surface area contributed by atoms with Crippen molar-refractivity contribution < 1.29 is 28.6 Å². The maximum absolute atomic E-state index is 12.7. The number of allylic oxidation sites excluding steroid dienone is 22. The van der Waals surface area contributed by atoms with Gasteiger partial charge < -0.3 is 14.2 Å². The molecule has 0 saturated heterocycles. The Morgan fingerprint density at radius 2 is 0.651 bits per heavy atom. The lowest BCUT2D eigenvalue weighted by molar-refractivity contribution is -0.166. The van der Waals surface area contributed by atoms with Gasteiger partial charge in [0, 0.05) is 19.3 Å². The van der Waals surface area contributed by atoms with E-state index in [-0.39, 0.29) is 31.6 Å². The summed E-state index contributed by atoms with van der Waals surface area (Å²) in [5, 5.41) is 0. The van der Waals surface area contributed by atoms with Crippen molar-refractivity contribution in [2.45, 2.75) is 194 Å². The second kappa shape index (κ2) is 50.2. The van der Waals surface area contributed by atoms with Crippen LogP contribution >= 0.6 is 0 Å². The molecule has 0 amide bonds. The summed E-state index contributed by atoms with van der Waals surface area (Å²) in [6.45, 7) is 6.23. The molecule has 0 aromatic carbocycles. The lowest BCUT2D eigenvalue weighted by Crippen LogP contribution is -2.30. The number of unbranched alkanes of at least 4 members (excludes halogenated alkanes) is 9. The van der Waals surface area contributed by atoms with Crippen LogP contribution in [0.1, 0.15) is 188 Å². The third-order valence-corrected chi connectivity index (χ3v) is 9.63. The van der Waals surface area contributed by atoms with Crippen LogP contribution in [-0.2, 0) is 28.6 Å². The van der Waals surface area contributed by atoms with Crippen LogP contribution in [0.2, 0.25) is 0 Å². The molecule has 0 aromatic heterocycles. The summed E-state index contributed by atoms with van der Waals surface area (Å²) < 4.78 is 16.6. The summed E-state index contributed by atoms with van der Waals surface area (Å²) in [6.07, 6.45) is 70.2. The van der Waals surface area contributed by atoms with Crippen LogP contribution in [0.25, 0.3) is 0 Å². The molecule has 0 aromatic rings. The molecule has 0 aliphatic rings. The molecule has 6 heteroatoms. The zero-order valence-corrected chi connectivity index (χ0v) is 40.0. The third-order valence-electron chi connectivity index (χ3n) is 9.63. The van der Waals surface area contributed by atoms with Crippen LogP contribution in [0.3, 0.4) is 0 Å². The van der Waals surface area contributed by atoms with Gasteiger partial charge >= 0.3 is 17.9 Å². The van der Waals surface area contributed by atoms with E-state index in [0.717, 1.165) is 128 Å². The first kappa shape index (κ1) is 58.6. The number of hydrogen-bond donors (Lipinski definition) is 0. The summed E-state index contributed by atoms with van der Waals surface area (Å²) in [7, 11) is 0. The SMILES string of the molecule is CC/C=C\C/C=C\C/C=C\C/C=C\C/C=C\CCCCCC(=O)OCC(COC(=O)CCCCCC/C=C\CCCC)OC(=O)CC/C=C\C/C=C\C/C=C\C/C=C\C/C=C\CC. The predicted octanol–water partition coefficient (Wildman–Crippen LogP) is 16.3. The lowest BCUT2D eigenvalue weighted by atomic mass is 10.1. The number of carbonyl (C=O) groups is 3. The van der Waals surface area contributed by atoms with Crippen molar-refractivity contribution in [3.63, 3.8) is 0 Å². The highest BCUT2D eigenvalue weighted by Gasteiger charge is 2.19. The molecular weight excluding hydrogens is 781 g/mol. The quantitative estimate of drug-likeness (QED) is 0.0263. The molecule has 0 spiro atoms. The molecule has 1 atom stereocenters. The van der Waals surface area contributed by atoms with Gasteiger partial charge in [-0.25, -0.2) is 0 Å². The van der Waals surface area contributed by atoms with E-state index in [2.05, 4.69) is 142 Å². The largest absolute Gasteiger partial charge is 0.462 e. The molecule has 352 valence electrons. The molecule has 0 aliphatic carbocycles. The van der Waals surface area contributed by atoms with Gasteiger partial charge in [-0.1, -0.05) is 187 Å². The smallest absolute Gasteiger partial charge is 0.306 e. The molecule has 0 heterocycles. The van der Waals surface area contributed by atoms with E-state index in [1.807, 2.05) is 12.2 Å². The van der Waals surface area contributed by atoms with E-state index in [1.165, 1.54) is 12.8 Å². The summed E-state index contributed by atoms with van der Waals surface area (Å²) >= 11 is 0. The average Bonchev–Trinajstić information content (AvgIpc) is 3.28. The zero-order valence-electron chi connectivity index (χ0n) is 40.0. The minimum atomic E-state index is -0.839. The van der Waals surface area contributed by atoms with E-state index in [1.54, 1.807) is 0 Å². The standard InChI is InChI=1S/C57H88O6/c1-4-7-10-13-16-19-22-24-26-28-29-30-32-33-35-38-41-44-47-50-56(59)62-53-54(52-61-55(58)49-46-43-40-37-21-18-15-12-9-6-3)63-57(60)51-48-45-42-39-36-34-31-27-25-23-20-17-14-11-8-5-2/h7-8,10-11,15-20,24-27,29-30,33-36,42,45,54H,4-6,9,12-14,21-23,28,31-32,37-41,43-44,46-53H2,1-3H3/b10-7-,11-8-,18-15-,19-16-,20-17-,26-24-,27-25-,30-29-,35-33-,36-34-,45-42-. The number of ether oxygens (including phenoxy) is 3. The monoisotopic (exact) mass is 869 g/mol. The molecule has 0 rings (SSSR count). The number of rotatable bonds is 42. The minimum Gasteiger partial charge on any atom is -0.462 e. The molecule has 0 fully saturated rings. The predicted molar refractivity (Wildman–Crippen MR) is 269 cm³/mol. The molecule has 6 nitrogen and oxygen atoms in total. The molecule has 0 N–H and O–H groups in total. The minimum absolute atomic E-state index is 0.130. The van der Waals surface area contributed by atoms with Crippen LogP contribution in [0.15, 0.2) is 134 Å². The van der Waals surface area contributed by atoms with Gasteiger partial charge in [-0.3, -0.25) is 14.4 Å². The van der Waals surface area contributed by atoms with E-state index >= 15 is 0 Å². The maximum Gasteiger partial charge on any atom is 0.306 e. The molecule has 1 unspecified atom stereocenters. The fraction of sp³-hybridized carbons (Fsp3) is 0.561. The second-order valence-electron chi connectivity index (χ2n) is 15.6. The Balaban J connectivity index is 4.56. The average molecular weight is 869 g/mol. The number of carbonyl (C=O) groups excluding carboxylic acids is 3. The van der Waals surface area contributed by atoms with Crippen LogP contribution in [-0.4, -0.2) is 37.2 Å². The molecule has 63 heavy (non-hydrogen) atoms. The van der Waals surface area contributed by atoms with Crippen molar-refractivity contribution in [2.24, 2.45) is 0 Å². The van der Waals surface area contributed by atoms with Crippen molar-refractivity contribution >= 4 is 17.9 Å². The van der Waals surface area contributed by atoms with E-state index in [4.69, 9.17) is 14.2 Å². The molecule has 0 bridgehead atoms. The molecule has 0 saturated carbocycles. The summed E-state index contributed by atoms with van der Waals surface area (Å²) in [6, 6.07) is 0. The first-order valence-corrected chi connectivity index (χ1v) is 24.7. The van der Waals surface area contributed by atoms with Gasteiger partial charge in [0.15, 0.2) is 6.10 Å². The Labute approximate surface area is 385 Å². The fourth-order valence-corrected chi connectivity index (χ4v) is 5.97. The van der Waals surface area contributed by atoms with Gasteiger partial charge in [0.1, 0.15) is 13.2 Å². The number of hydrogen-bond acceptors (Lipinski definition) is 6. The van der Waals surface area contributed by atoms with Gasteiger partial charge in [-0.15, -0.1) is 0 Å². The van der Waals surface area contributed by atoms with Crippen molar-refractivity contribution in [1.82, 2.24) is 0 Å². The highest BCUT2D eigenvalue weighted by atomic mass is 16.6. The first-order chi connectivity index (χ1) is 31.0. The highest BCUT2D eigenvalue weighted by molar-refractivity contribution is 5.71. The first-order valence-electron chi connectivity index (χ1n) is 24.7. The highest BCUT2D eigenvalue weighted by Crippen LogP contribution is 2.10. The topological polar surface area (TPSA) is 78.9 Å². The fourth-order valence-electron chi connectivity index (χ4n) is 5.97. The Morgan fingerprint density at radius 1 is 0.333 bits per heavy atom. The Morgan fingerprint density at radius 3 is 1.05 bits per heavy atom. The van der Waals surface area contributed by atoms with Gasteiger partial charge in [-0.2, -0.15) is 0 Å². The van der Waals surface area contributed by atoms with Crippen molar-refractivity contribution in [3.05, 3.63) is 134 Å². The molecule has 0 radical (unpaired) electrons. The van der Waals surface area contributed by atoms with Crippen molar-refractivity contribution in [1.29, 1.82) is 0 Å². The van der Waals surface area contributed by atoms with Gasteiger partial charge in [-0.05, 0) is 116 Å². The van der Waals surface area contributed by atoms with Crippen molar-refractivity contribution in [2.75, 3.05) is 13.2 Å². The summed E-state index contributed by atoms with van der Waals surface area (Å²) in [4.78, 5) is 37.8. The molecular formula is C57H88O6. The van der Waals surface area contributed by atoms with Gasteiger partial charge in [0.2, 0.25) is 0 Å². The number of esters is 3. The Bertz CT molecular complexity index is 1420. The van der Waals surface area contributed by atoms with Gasteiger partial charge in [0.05, 0.1) is 0 Å².